The Labute approximate surface area is 184 Å². The molecule has 2 unspecified atom stereocenters. The summed E-state index contributed by atoms with van der Waals surface area (Å²) in [4.78, 5) is 49.0. The molecule has 0 aromatic heterocycles. The summed E-state index contributed by atoms with van der Waals surface area (Å²) in [5, 5.41) is 33.1. The summed E-state index contributed by atoms with van der Waals surface area (Å²) in [5.41, 5.74) is 3.07. The van der Waals surface area contributed by atoms with Crippen molar-refractivity contribution in [2.75, 3.05) is 18.9 Å². The van der Waals surface area contributed by atoms with Gasteiger partial charge in [-0.1, -0.05) is 16.8 Å². The van der Waals surface area contributed by atoms with Crippen LogP contribution in [-0.2, 0) is 19.1 Å². The van der Waals surface area contributed by atoms with Gasteiger partial charge in [0.05, 0.1) is 5.02 Å². The van der Waals surface area contributed by atoms with Crippen molar-refractivity contribution in [1.29, 1.82) is 0 Å². The van der Waals surface area contributed by atoms with E-state index < -0.39 is 53.0 Å². The number of nitrogens with one attached hydrogen (secondary N) is 1. The third-order valence-corrected chi connectivity index (χ3v) is 6.80. The van der Waals surface area contributed by atoms with Gasteiger partial charge >= 0.3 is 12.1 Å². The van der Waals surface area contributed by atoms with E-state index in [1.165, 1.54) is 23.1 Å². The molecule has 2 aliphatic rings. The molecule has 2 saturated heterocycles. The number of phenols is 1. The maximum Gasteiger partial charge on any atom is 0.404 e. The van der Waals surface area contributed by atoms with Crippen LogP contribution in [0, 0.1) is 5.41 Å². The van der Waals surface area contributed by atoms with E-state index in [4.69, 9.17) is 17.3 Å². The summed E-state index contributed by atoms with van der Waals surface area (Å²) in [6.45, 7) is -0.728. The molecular formula is C17H17ClN4O8S. The van der Waals surface area contributed by atoms with Crippen molar-refractivity contribution in [2.45, 2.75) is 11.4 Å². The number of nitrogens with two attached hydrogens (primary N) is 1. The fraction of sp³-hybridized carbons (Fsp3) is 0.353. The van der Waals surface area contributed by atoms with Crippen LogP contribution in [-0.4, -0.2) is 80.2 Å². The highest BCUT2D eigenvalue weighted by Crippen LogP contribution is 2.42. The second kappa shape index (κ2) is 8.51. The first-order valence-electron chi connectivity index (χ1n) is 8.69. The average Bonchev–Trinajstić information content (AvgIpc) is 2.73. The van der Waals surface area contributed by atoms with E-state index >= 15 is 0 Å². The number of hydrogen-bond acceptors (Lipinski definition) is 9. The third-order valence-electron chi connectivity index (χ3n) is 4.91. The van der Waals surface area contributed by atoms with E-state index in [1.807, 2.05) is 0 Å². The monoisotopic (exact) mass is 472 g/mol. The van der Waals surface area contributed by atoms with Gasteiger partial charge in [-0.2, -0.15) is 0 Å². The quantitative estimate of drug-likeness (QED) is 0.161. The highest BCUT2D eigenvalue weighted by molar-refractivity contribution is 8.00. The number of rotatable bonds is 6. The zero-order valence-corrected chi connectivity index (χ0v) is 17.2. The normalized spacial score (nSPS) is 25.3. The molecule has 0 spiro atoms. The number of thioether (sulfide) groups is 1. The second-order valence-electron chi connectivity index (χ2n) is 6.93. The zero-order chi connectivity index (χ0) is 22.9. The fourth-order valence-corrected chi connectivity index (χ4v) is 4.92. The fourth-order valence-electron chi connectivity index (χ4n) is 3.21. The van der Waals surface area contributed by atoms with Crippen LogP contribution in [0.2, 0.25) is 5.02 Å². The first-order valence-corrected chi connectivity index (χ1v) is 10.1. The van der Waals surface area contributed by atoms with Crippen LogP contribution >= 0.6 is 23.4 Å². The molecule has 0 saturated carbocycles. The number of primary amides is 1. The van der Waals surface area contributed by atoms with Crippen LogP contribution in [0.15, 0.2) is 23.4 Å². The molecule has 3 atom stereocenters. The second-order valence-corrected chi connectivity index (χ2v) is 8.44. The number of hydrogen-bond donors (Lipinski definition) is 5. The van der Waals surface area contributed by atoms with Gasteiger partial charge < -0.3 is 36.1 Å². The standard InChI is InChI=1S/C17H17ClN4O8S/c18-8-3-7(1-2-9(8)23)10(21-29)12(24)20-11-13(25)22-4-17(15(26)27,5-30-16(19)28)6-31-14(11)22/h1-3,11,14,23,29H,4-6H2,(H2,19,28)(H,20,24)(H,26,27)/t11?,14-,17?/m1/s1. The van der Waals surface area contributed by atoms with Crippen molar-refractivity contribution in [1.82, 2.24) is 10.2 Å². The van der Waals surface area contributed by atoms with Crippen molar-refractivity contribution < 1.29 is 39.3 Å². The Morgan fingerprint density at radius 1 is 1.42 bits per heavy atom. The van der Waals surface area contributed by atoms with E-state index in [-0.39, 0.29) is 28.6 Å². The van der Waals surface area contributed by atoms with Gasteiger partial charge in [-0.25, -0.2) is 4.79 Å². The van der Waals surface area contributed by atoms with Gasteiger partial charge in [0.1, 0.15) is 29.2 Å². The maximum atomic E-state index is 12.6. The van der Waals surface area contributed by atoms with Crippen LogP contribution in [0.4, 0.5) is 4.79 Å². The lowest BCUT2D eigenvalue weighted by molar-refractivity contribution is -0.160. The molecule has 3 rings (SSSR count). The molecule has 1 aromatic carbocycles. The lowest BCUT2D eigenvalue weighted by Crippen LogP contribution is -2.74. The summed E-state index contributed by atoms with van der Waals surface area (Å²) in [6.07, 6.45) is -1.13. The van der Waals surface area contributed by atoms with Crippen LogP contribution in [0.5, 0.6) is 5.75 Å². The summed E-state index contributed by atoms with van der Waals surface area (Å²) in [6, 6.07) is 2.75. The molecule has 2 fully saturated rings. The number of β-lactam (4-membered cyclic amide) rings is 1. The number of phenolic OH excluding ortho intramolecular Hbond substituents is 1. The molecule has 0 bridgehead atoms. The predicted octanol–water partition coefficient (Wildman–Crippen LogP) is -0.210. The Bertz CT molecular complexity index is 989. The molecule has 1 aromatic rings. The number of fused-ring (bicyclic) bond motifs is 1. The first kappa shape index (κ1) is 22.5. The van der Waals surface area contributed by atoms with Crippen molar-refractivity contribution >= 4 is 53.0 Å². The molecular weight excluding hydrogens is 456 g/mol. The smallest absolute Gasteiger partial charge is 0.404 e. The molecule has 3 amide bonds. The number of carbonyl (C=O) groups excluding carboxylic acids is 3. The third kappa shape index (κ3) is 4.18. The number of carboxylic acids is 1. The number of halogens is 1. The van der Waals surface area contributed by atoms with Crippen LogP contribution in [0.25, 0.3) is 0 Å². The number of nitrogens with zero attached hydrogens (tertiary/aromatic N) is 2. The van der Waals surface area contributed by atoms with E-state index in [0.717, 1.165) is 11.8 Å². The zero-order valence-electron chi connectivity index (χ0n) is 15.6. The van der Waals surface area contributed by atoms with Gasteiger partial charge in [-0.05, 0) is 18.2 Å². The van der Waals surface area contributed by atoms with Crippen LogP contribution in [0.1, 0.15) is 5.56 Å². The Balaban J connectivity index is 1.69. The van der Waals surface area contributed by atoms with Crippen molar-refractivity contribution in [2.24, 2.45) is 16.3 Å². The van der Waals surface area contributed by atoms with Crippen LogP contribution in [0.3, 0.4) is 0 Å². The summed E-state index contributed by atoms with van der Waals surface area (Å²) in [5.74, 6) is -2.88. The van der Waals surface area contributed by atoms with Gasteiger partial charge in [0, 0.05) is 17.9 Å². The highest BCUT2D eigenvalue weighted by Gasteiger charge is 2.58. The lowest BCUT2D eigenvalue weighted by Gasteiger charge is -2.53. The number of benzene rings is 1. The Morgan fingerprint density at radius 2 is 2.13 bits per heavy atom. The van der Waals surface area contributed by atoms with Gasteiger partial charge in [0.25, 0.3) is 5.91 Å². The van der Waals surface area contributed by atoms with E-state index in [2.05, 4.69) is 15.2 Å². The van der Waals surface area contributed by atoms with Crippen molar-refractivity contribution in [3.63, 3.8) is 0 Å². The minimum absolute atomic E-state index is 0.00491. The Kier molecular flexibility index (Phi) is 6.18. The van der Waals surface area contributed by atoms with E-state index in [1.54, 1.807) is 0 Å². The molecule has 0 aliphatic carbocycles. The lowest BCUT2D eigenvalue weighted by atomic mass is 9.88. The SMILES string of the molecule is NC(=O)OCC1(C(=O)O)CS[C@@H]2C(NC(=O)C(=NO)c3ccc(O)c(Cl)c3)C(=O)N2C1. The number of carboxylic acid groups (broad SMARTS) is 1. The average molecular weight is 473 g/mol. The molecule has 31 heavy (non-hydrogen) atoms. The molecule has 166 valence electrons. The van der Waals surface area contributed by atoms with E-state index in [0.29, 0.717) is 0 Å². The molecule has 2 heterocycles. The Morgan fingerprint density at radius 3 is 2.71 bits per heavy atom. The Hall–Kier alpha value is -3.19. The molecule has 6 N–H and O–H groups in total. The largest absolute Gasteiger partial charge is 0.506 e. The van der Waals surface area contributed by atoms with Gasteiger partial charge in [0.2, 0.25) is 5.91 Å². The van der Waals surface area contributed by atoms with Gasteiger partial charge in [-0.3, -0.25) is 14.4 Å². The minimum atomic E-state index is -1.53. The summed E-state index contributed by atoms with van der Waals surface area (Å²) >= 11 is 6.90. The van der Waals surface area contributed by atoms with Gasteiger partial charge in [-0.15, -0.1) is 11.8 Å². The minimum Gasteiger partial charge on any atom is -0.506 e. The van der Waals surface area contributed by atoms with E-state index in [9.17, 15) is 34.6 Å². The first-order chi connectivity index (χ1) is 14.6. The van der Waals surface area contributed by atoms with Crippen molar-refractivity contribution in [3.05, 3.63) is 28.8 Å². The number of aromatic hydroxyl groups is 1. The number of carbonyl (C=O) groups is 4. The molecule has 14 heteroatoms. The number of aliphatic carboxylic acids is 1. The number of amides is 3. The number of ether oxygens (including phenoxy) is 1. The van der Waals surface area contributed by atoms with Gasteiger partial charge in [0.15, 0.2) is 5.71 Å². The van der Waals surface area contributed by atoms with Crippen molar-refractivity contribution in [3.8, 4) is 5.75 Å². The summed E-state index contributed by atoms with van der Waals surface area (Å²) in [7, 11) is 0. The summed E-state index contributed by atoms with van der Waals surface area (Å²) < 4.78 is 4.66. The van der Waals surface area contributed by atoms with Crippen LogP contribution < -0.4 is 11.1 Å². The maximum absolute atomic E-state index is 12.6. The highest BCUT2D eigenvalue weighted by atomic mass is 35.5. The molecule has 2 aliphatic heterocycles. The number of oxime groups is 1. The topological polar surface area (TPSA) is 192 Å². The predicted molar refractivity (Wildman–Crippen MR) is 107 cm³/mol. The molecule has 12 nitrogen and oxygen atoms in total. The molecule has 0 radical (unpaired) electrons.